The first-order valence-electron chi connectivity index (χ1n) is 5.76. The molecule has 1 aromatic carbocycles. The number of benzene rings is 1. The number of hydrogen-bond acceptors (Lipinski definition) is 1. The third-order valence-electron chi connectivity index (χ3n) is 3.12. The van der Waals surface area contributed by atoms with Gasteiger partial charge in [0.15, 0.2) is 0 Å². The molecular formula is C15H17ClS. The normalized spacial score (nSPS) is 12.8. The molecule has 0 saturated heterocycles. The highest BCUT2D eigenvalue weighted by Crippen LogP contribution is 2.38. The van der Waals surface area contributed by atoms with Crippen molar-refractivity contribution in [3.63, 3.8) is 0 Å². The molecule has 0 aliphatic carbocycles. The molecule has 0 aliphatic rings. The molecule has 0 saturated carbocycles. The van der Waals surface area contributed by atoms with Crippen LogP contribution in [0.25, 0.3) is 0 Å². The van der Waals surface area contributed by atoms with Crippen LogP contribution in [-0.2, 0) is 0 Å². The summed E-state index contributed by atoms with van der Waals surface area (Å²) < 4.78 is 0. The van der Waals surface area contributed by atoms with Gasteiger partial charge in [0.05, 0.1) is 5.38 Å². The average molecular weight is 265 g/mol. The first-order chi connectivity index (χ1) is 8.00. The molecule has 0 nitrogen and oxygen atoms in total. The van der Waals surface area contributed by atoms with Crippen LogP contribution in [0.5, 0.6) is 0 Å². The second-order valence-electron chi connectivity index (χ2n) is 4.64. The monoisotopic (exact) mass is 264 g/mol. The lowest BCUT2D eigenvalue weighted by molar-refractivity contribution is 1.09. The van der Waals surface area contributed by atoms with E-state index in [-0.39, 0.29) is 5.38 Å². The molecule has 2 rings (SSSR count). The zero-order chi connectivity index (χ0) is 12.6. The van der Waals surface area contributed by atoms with E-state index in [9.17, 15) is 0 Å². The van der Waals surface area contributed by atoms with Crippen LogP contribution in [0.15, 0.2) is 23.6 Å². The topological polar surface area (TPSA) is 0 Å². The van der Waals surface area contributed by atoms with Crippen molar-refractivity contribution >= 4 is 22.9 Å². The van der Waals surface area contributed by atoms with Gasteiger partial charge >= 0.3 is 0 Å². The fourth-order valence-corrected chi connectivity index (χ4v) is 3.95. The Morgan fingerprint density at radius 1 is 1.00 bits per heavy atom. The van der Waals surface area contributed by atoms with E-state index < -0.39 is 0 Å². The molecule has 1 atom stereocenters. The van der Waals surface area contributed by atoms with Gasteiger partial charge in [0, 0.05) is 4.88 Å². The van der Waals surface area contributed by atoms with Crippen LogP contribution in [-0.4, -0.2) is 0 Å². The Bertz CT molecular complexity index is 517. The van der Waals surface area contributed by atoms with Crippen molar-refractivity contribution in [2.45, 2.75) is 33.1 Å². The quantitative estimate of drug-likeness (QED) is 0.645. The zero-order valence-corrected chi connectivity index (χ0v) is 12.2. The van der Waals surface area contributed by atoms with E-state index in [1.165, 1.54) is 32.7 Å². The highest BCUT2D eigenvalue weighted by Gasteiger charge is 2.18. The van der Waals surface area contributed by atoms with Gasteiger partial charge in [-0.2, -0.15) is 0 Å². The van der Waals surface area contributed by atoms with E-state index in [2.05, 4.69) is 51.3 Å². The fourth-order valence-electron chi connectivity index (χ4n) is 2.37. The summed E-state index contributed by atoms with van der Waals surface area (Å²) in [5, 5.41) is 2.09. The molecule has 0 radical (unpaired) electrons. The maximum absolute atomic E-state index is 6.65. The number of thiophene rings is 1. The lowest BCUT2D eigenvalue weighted by atomic mass is 9.96. The molecule has 90 valence electrons. The predicted molar refractivity (Wildman–Crippen MR) is 77.4 cm³/mol. The van der Waals surface area contributed by atoms with Crippen LogP contribution in [0.3, 0.4) is 0 Å². The van der Waals surface area contributed by atoms with Crippen molar-refractivity contribution < 1.29 is 0 Å². The van der Waals surface area contributed by atoms with Gasteiger partial charge in [-0.15, -0.1) is 22.9 Å². The van der Waals surface area contributed by atoms with Crippen LogP contribution < -0.4 is 0 Å². The fraction of sp³-hybridized carbons (Fsp3) is 0.333. The molecule has 1 aromatic heterocycles. The summed E-state index contributed by atoms with van der Waals surface area (Å²) in [5.74, 6) is 0. The Kier molecular flexibility index (Phi) is 3.60. The second kappa shape index (κ2) is 4.83. The summed E-state index contributed by atoms with van der Waals surface area (Å²) in [6, 6.07) is 6.55. The molecule has 0 bridgehead atoms. The molecule has 0 aliphatic heterocycles. The van der Waals surface area contributed by atoms with Gasteiger partial charge in [-0.25, -0.2) is 0 Å². The van der Waals surface area contributed by atoms with E-state index in [0.717, 1.165) is 0 Å². The summed E-state index contributed by atoms with van der Waals surface area (Å²) >= 11 is 8.39. The smallest absolute Gasteiger partial charge is 0.0935 e. The van der Waals surface area contributed by atoms with Crippen molar-refractivity contribution in [2.75, 3.05) is 0 Å². The number of hydrogen-bond donors (Lipinski definition) is 0. The van der Waals surface area contributed by atoms with E-state index in [1.807, 2.05) is 0 Å². The molecule has 1 heterocycles. The van der Waals surface area contributed by atoms with Gasteiger partial charge < -0.3 is 0 Å². The number of aryl methyl sites for hydroxylation is 4. The molecule has 2 aromatic rings. The third kappa shape index (κ3) is 2.41. The van der Waals surface area contributed by atoms with E-state index >= 15 is 0 Å². The van der Waals surface area contributed by atoms with E-state index in [0.29, 0.717) is 0 Å². The lowest BCUT2D eigenvalue weighted by Gasteiger charge is -2.16. The molecule has 0 N–H and O–H groups in total. The Hall–Kier alpha value is -0.790. The Morgan fingerprint density at radius 2 is 1.59 bits per heavy atom. The molecule has 0 amide bonds. The highest BCUT2D eigenvalue weighted by molar-refractivity contribution is 7.10. The van der Waals surface area contributed by atoms with Crippen LogP contribution in [0.1, 0.15) is 38.1 Å². The minimum atomic E-state index is -0.0180. The van der Waals surface area contributed by atoms with Crippen LogP contribution in [0, 0.1) is 27.7 Å². The van der Waals surface area contributed by atoms with Gasteiger partial charge in [-0.1, -0.05) is 17.7 Å². The second-order valence-corrected chi connectivity index (χ2v) is 6.03. The highest BCUT2D eigenvalue weighted by atomic mass is 35.5. The Labute approximate surface area is 112 Å². The minimum Gasteiger partial charge on any atom is -0.147 e. The minimum absolute atomic E-state index is 0.0180. The molecule has 0 spiro atoms. The lowest BCUT2D eigenvalue weighted by Crippen LogP contribution is -2.00. The van der Waals surface area contributed by atoms with Crippen LogP contribution in [0.2, 0.25) is 0 Å². The summed E-state index contributed by atoms with van der Waals surface area (Å²) in [6.45, 7) is 8.55. The number of halogens is 1. The largest absolute Gasteiger partial charge is 0.147 e. The Morgan fingerprint density at radius 3 is 2.06 bits per heavy atom. The molecule has 0 fully saturated rings. The summed E-state index contributed by atoms with van der Waals surface area (Å²) in [6.07, 6.45) is 0. The number of rotatable bonds is 2. The van der Waals surface area contributed by atoms with Crippen molar-refractivity contribution in [3.05, 3.63) is 56.3 Å². The standard InChI is InChI=1S/C15H17ClS/c1-9-7-11(3)13(12(4)8-9)14(16)15-10(2)5-6-17-15/h5-8,14H,1-4H3. The van der Waals surface area contributed by atoms with Crippen LogP contribution >= 0.6 is 22.9 Å². The van der Waals surface area contributed by atoms with E-state index in [4.69, 9.17) is 11.6 Å². The average Bonchev–Trinajstić information content (AvgIpc) is 2.62. The maximum Gasteiger partial charge on any atom is 0.0935 e. The molecule has 2 heteroatoms. The number of alkyl halides is 1. The summed E-state index contributed by atoms with van der Waals surface area (Å²) in [7, 11) is 0. The first kappa shape index (κ1) is 12.7. The van der Waals surface area contributed by atoms with Gasteiger partial charge in [0.2, 0.25) is 0 Å². The summed E-state index contributed by atoms with van der Waals surface area (Å²) in [4.78, 5) is 1.27. The SMILES string of the molecule is Cc1cc(C)c(C(Cl)c2sccc2C)c(C)c1. The van der Waals surface area contributed by atoms with Crippen LogP contribution in [0.4, 0.5) is 0 Å². The van der Waals surface area contributed by atoms with Gasteiger partial charge in [0.1, 0.15) is 0 Å². The summed E-state index contributed by atoms with van der Waals surface area (Å²) in [5.41, 5.74) is 6.43. The molecule has 1 unspecified atom stereocenters. The van der Waals surface area contributed by atoms with E-state index in [1.54, 1.807) is 11.3 Å². The molecule has 17 heavy (non-hydrogen) atoms. The maximum atomic E-state index is 6.65. The zero-order valence-electron chi connectivity index (χ0n) is 10.7. The predicted octanol–water partition coefficient (Wildman–Crippen LogP) is 5.31. The van der Waals surface area contributed by atoms with Crippen molar-refractivity contribution in [1.29, 1.82) is 0 Å². The van der Waals surface area contributed by atoms with Gasteiger partial charge in [-0.3, -0.25) is 0 Å². The van der Waals surface area contributed by atoms with Crippen molar-refractivity contribution in [1.82, 2.24) is 0 Å². The van der Waals surface area contributed by atoms with Crippen molar-refractivity contribution in [2.24, 2.45) is 0 Å². The first-order valence-corrected chi connectivity index (χ1v) is 7.08. The van der Waals surface area contributed by atoms with Crippen molar-refractivity contribution in [3.8, 4) is 0 Å². The van der Waals surface area contributed by atoms with Gasteiger partial charge in [-0.05, 0) is 61.4 Å². The Balaban J connectivity index is 2.51. The van der Waals surface area contributed by atoms with Gasteiger partial charge in [0.25, 0.3) is 0 Å². The molecular weight excluding hydrogens is 248 g/mol. The third-order valence-corrected chi connectivity index (χ3v) is 4.77.